The average Bonchev–Trinajstić information content (AvgIpc) is 3.21. The van der Waals surface area contributed by atoms with Gasteiger partial charge in [-0.3, -0.25) is 0 Å². The number of hydrogen-bond acceptors (Lipinski definition) is 5. The fourth-order valence-electron chi connectivity index (χ4n) is 3.67. The molecule has 154 valence electrons. The molecule has 5 aromatic rings. The number of aryl methyl sites for hydroxylation is 1. The van der Waals surface area contributed by atoms with Crippen LogP contribution < -0.4 is 10.1 Å². The SMILES string of the molecule is COc1cccc(CNc2nc3c(-c4cccc(C)c4)nnn3c3ccc(Cl)cc23)c1. The summed E-state index contributed by atoms with van der Waals surface area (Å²) in [4.78, 5) is 4.91. The summed E-state index contributed by atoms with van der Waals surface area (Å²) in [7, 11) is 1.66. The van der Waals surface area contributed by atoms with Gasteiger partial charge in [0, 0.05) is 22.5 Å². The van der Waals surface area contributed by atoms with Crippen molar-refractivity contribution in [2.45, 2.75) is 13.5 Å². The maximum atomic E-state index is 6.30. The van der Waals surface area contributed by atoms with E-state index in [9.17, 15) is 0 Å². The summed E-state index contributed by atoms with van der Waals surface area (Å²) in [6, 6.07) is 21.8. The van der Waals surface area contributed by atoms with Crippen molar-refractivity contribution in [3.8, 4) is 17.0 Å². The van der Waals surface area contributed by atoms with Crippen molar-refractivity contribution >= 4 is 34.0 Å². The van der Waals surface area contributed by atoms with Crippen LogP contribution in [-0.4, -0.2) is 26.9 Å². The molecule has 3 aromatic carbocycles. The predicted octanol–water partition coefficient (Wildman–Crippen LogP) is 5.53. The molecule has 0 aliphatic carbocycles. The quantitative estimate of drug-likeness (QED) is 0.398. The lowest BCUT2D eigenvalue weighted by atomic mass is 10.1. The summed E-state index contributed by atoms with van der Waals surface area (Å²) in [5.74, 6) is 1.54. The molecule has 0 saturated heterocycles. The van der Waals surface area contributed by atoms with E-state index in [1.165, 1.54) is 0 Å². The summed E-state index contributed by atoms with van der Waals surface area (Å²) < 4.78 is 7.10. The largest absolute Gasteiger partial charge is 0.497 e. The Morgan fingerprint density at radius 1 is 1.03 bits per heavy atom. The molecule has 0 amide bonds. The average molecular weight is 430 g/mol. The second-order valence-corrected chi connectivity index (χ2v) is 7.81. The molecule has 5 rings (SSSR count). The summed E-state index contributed by atoms with van der Waals surface area (Å²) in [6.07, 6.45) is 0. The van der Waals surface area contributed by atoms with E-state index in [2.05, 4.69) is 34.7 Å². The summed E-state index contributed by atoms with van der Waals surface area (Å²) in [5.41, 5.74) is 5.53. The monoisotopic (exact) mass is 429 g/mol. The van der Waals surface area contributed by atoms with Gasteiger partial charge in [-0.05, 0) is 48.9 Å². The van der Waals surface area contributed by atoms with Gasteiger partial charge >= 0.3 is 0 Å². The standard InChI is InChI=1S/C24H20ClN5O/c1-15-5-3-7-17(11-15)22-24-27-23(26-14-16-6-4-8-19(12-16)31-2)20-13-18(25)9-10-21(20)30(24)29-28-22/h3-13H,14H2,1-2H3,(H,26,27). The van der Waals surface area contributed by atoms with Gasteiger partial charge in [-0.1, -0.05) is 52.7 Å². The Balaban J connectivity index is 1.64. The topological polar surface area (TPSA) is 64.3 Å². The van der Waals surface area contributed by atoms with Gasteiger partial charge in [-0.15, -0.1) is 5.10 Å². The Morgan fingerprint density at radius 2 is 1.90 bits per heavy atom. The van der Waals surface area contributed by atoms with Gasteiger partial charge in [0.25, 0.3) is 0 Å². The van der Waals surface area contributed by atoms with E-state index < -0.39 is 0 Å². The summed E-state index contributed by atoms with van der Waals surface area (Å²) >= 11 is 6.30. The van der Waals surface area contributed by atoms with E-state index in [4.69, 9.17) is 21.3 Å². The third kappa shape index (κ3) is 3.66. The first-order valence-electron chi connectivity index (χ1n) is 9.91. The first-order valence-corrected chi connectivity index (χ1v) is 10.3. The molecule has 0 aliphatic rings. The normalized spacial score (nSPS) is 11.2. The number of halogens is 1. The van der Waals surface area contributed by atoms with Crippen molar-refractivity contribution in [3.05, 3.63) is 82.9 Å². The smallest absolute Gasteiger partial charge is 0.186 e. The molecule has 7 heteroatoms. The van der Waals surface area contributed by atoms with Gasteiger partial charge < -0.3 is 10.1 Å². The highest BCUT2D eigenvalue weighted by Gasteiger charge is 2.16. The zero-order chi connectivity index (χ0) is 21.4. The van der Waals surface area contributed by atoms with Crippen molar-refractivity contribution < 1.29 is 4.74 Å². The molecule has 0 atom stereocenters. The van der Waals surface area contributed by atoms with Crippen molar-refractivity contribution in [1.82, 2.24) is 19.8 Å². The highest BCUT2D eigenvalue weighted by molar-refractivity contribution is 6.31. The zero-order valence-corrected chi connectivity index (χ0v) is 17.9. The Labute approximate surface area is 184 Å². The Kier molecular flexibility index (Phi) is 4.92. The van der Waals surface area contributed by atoms with Crippen LogP contribution in [-0.2, 0) is 6.54 Å². The van der Waals surface area contributed by atoms with Gasteiger partial charge in [0.1, 0.15) is 17.3 Å². The molecule has 2 heterocycles. The Bertz CT molecular complexity index is 1410. The number of ether oxygens (including phenoxy) is 1. The van der Waals surface area contributed by atoms with E-state index in [1.807, 2.05) is 54.6 Å². The van der Waals surface area contributed by atoms with Gasteiger partial charge in [-0.25, -0.2) is 4.98 Å². The first-order chi connectivity index (χ1) is 15.1. The minimum absolute atomic E-state index is 0.587. The molecule has 0 spiro atoms. The van der Waals surface area contributed by atoms with Crippen LogP contribution in [0.15, 0.2) is 66.7 Å². The fourth-order valence-corrected chi connectivity index (χ4v) is 3.84. The fraction of sp³-hybridized carbons (Fsp3) is 0.125. The van der Waals surface area contributed by atoms with Gasteiger partial charge in [0.2, 0.25) is 0 Å². The molecule has 2 aromatic heterocycles. The molecular formula is C24H20ClN5O. The lowest BCUT2D eigenvalue weighted by molar-refractivity contribution is 0.414. The molecule has 0 aliphatic heterocycles. The molecule has 0 radical (unpaired) electrons. The highest BCUT2D eigenvalue weighted by atomic mass is 35.5. The summed E-state index contributed by atoms with van der Waals surface area (Å²) in [5, 5.41) is 13.8. The maximum Gasteiger partial charge on any atom is 0.186 e. The Hall–Kier alpha value is -3.64. The van der Waals surface area contributed by atoms with Gasteiger partial charge in [0.05, 0.1) is 12.6 Å². The summed E-state index contributed by atoms with van der Waals surface area (Å²) in [6.45, 7) is 2.64. The first kappa shape index (κ1) is 19.3. The molecule has 0 saturated carbocycles. The number of fused-ring (bicyclic) bond motifs is 3. The van der Waals surface area contributed by atoms with E-state index in [0.29, 0.717) is 17.2 Å². The van der Waals surface area contributed by atoms with E-state index >= 15 is 0 Å². The minimum Gasteiger partial charge on any atom is -0.497 e. The third-order valence-corrected chi connectivity index (χ3v) is 5.43. The van der Waals surface area contributed by atoms with Crippen LogP contribution in [0, 0.1) is 6.92 Å². The molecule has 1 N–H and O–H groups in total. The molecule has 0 fully saturated rings. The number of nitrogens with one attached hydrogen (secondary N) is 1. The van der Waals surface area contributed by atoms with Crippen LogP contribution >= 0.6 is 11.6 Å². The van der Waals surface area contributed by atoms with Gasteiger partial charge in [0.15, 0.2) is 5.65 Å². The van der Waals surface area contributed by atoms with Crippen LogP contribution in [0.4, 0.5) is 5.82 Å². The number of aromatic nitrogens is 4. The number of anilines is 1. The lowest BCUT2D eigenvalue weighted by Crippen LogP contribution is -2.05. The third-order valence-electron chi connectivity index (χ3n) is 5.19. The highest BCUT2D eigenvalue weighted by Crippen LogP contribution is 2.30. The van der Waals surface area contributed by atoms with Crippen LogP contribution in [0.1, 0.15) is 11.1 Å². The molecule has 31 heavy (non-hydrogen) atoms. The van der Waals surface area contributed by atoms with Crippen molar-refractivity contribution in [3.63, 3.8) is 0 Å². The van der Waals surface area contributed by atoms with Crippen molar-refractivity contribution in [2.24, 2.45) is 0 Å². The maximum absolute atomic E-state index is 6.30. The predicted molar refractivity (Wildman–Crippen MR) is 124 cm³/mol. The molecule has 6 nitrogen and oxygen atoms in total. The van der Waals surface area contributed by atoms with Crippen LogP contribution in [0.5, 0.6) is 5.75 Å². The van der Waals surface area contributed by atoms with Gasteiger partial charge in [-0.2, -0.15) is 4.52 Å². The minimum atomic E-state index is 0.587. The van der Waals surface area contributed by atoms with Crippen LogP contribution in [0.25, 0.3) is 27.8 Å². The van der Waals surface area contributed by atoms with Crippen LogP contribution in [0.3, 0.4) is 0 Å². The van der Waals surface area contributed by atoms with Crippen LogP contribution in [0.2, 0.25) is 5.02 Å². The second-order valence-electron chi connectivity index (χ2n) is 7.37. The number of hydrogen-bond donors (Lipinski definition) is 1. The molecular weight excluding hydrogens is 410 g/mol. The lowest BCUT2D eigenvalue weighted by Gasteiger charge is -2.12. The number of rotatable bonds is 5. The second kappa shape index (κ2) is 7.89. The van der Waals surface area contributed by atoms with Crippen molar-refractivity contribution in [1.29, 1.82) is 0 Å². The van der Waals surface area contributed by atoms with E-state index in [-0.39, 0.29) is 0 Å². The Morgan fingerprint density at radius 3 is 2.74 bits per heavy atom. The molecule has 0 bridgehead atoms. The van der Waals surface area contributed by atoms with E-state index in [0.717, 1.165) is 44.9 Å². The van der Waals surface area contributed by atoms with E-state index in [1.54, 1.807) is 11.6 Å². The number of methoxy groups -OCH3 is 1. The molecule has 0 unspecified atom stereocenters. The van der Waals surface area contributed by atoms with Crippen molar-refractivity contribution in [2.75, 3.05) is 12.4 Å². The number of benzene rings is 3. The zero-order valence-electron chi connectivity index (χ0n) is 17.1. The number of nitrogens with zero attached hydrogens (tertiary/aromatic N) is 4.